The lowest BCUT2D eigenvalue weighted by Crippen LogP contribution is -2.12. The van der Waals surface area contributed by atoms with Crippen molar-refractivity contribution in [1.29, 1.82) is 0 Å². The van der Waals surface area contributed by atoms with E-state index in [2.05, 4.69) is 10.6 Å². The Morgan fingerprint density at radius 2 is 2.29 bits per heavy atom. The second kappa shape index (κ2) is 5.69. The highest BCUT2D eigenvalue weighted by Crippen LogP contribution is 2.36. The molecule has 7 heteroatoms. The van der Waals surface area contributed by atoms with Crippen molar-refractivity contribution in [3.63, 3.8) is 0 Å². The Morgan fingerprint density at radius 3 is 3.00 bits per heavy atom. The van der Waals surface area contributed by atoms with Gasteiger partial charge in [-0.15, -0.1) is 0 Å². The number of carbonyl (C=O) groups excluding carboxylic acids is 1. The fraction of sp³-hybridized carbons (Fsp3) is 0.500. The molecular weight excluding hydrogens is 274 g/mol. The number of hydrogen-bond donors (Lipinski definition) is 2. The van der Waals surface area contributed by atoms with E-state index >= 15 is 0 Å². The van der Waals surface area contributed by atoms with Gasteiger partial charge in [-0.3, -0.25) is 14.9 Å². The van der Waals surface area contributed by atoms with Gasteiger partial charge in [-0.2, -0.15) is 0 Å². The number of anilines is 1. The van der Waals surface area contributed by atoms with Crippen LogP contribution in [-0.2, 0) is 11.2 Å². The average Bonchev–Trinajstić information content (AvgIpc) is 3.05. The molecule has 0 aromatic heterocycles. The summed E-state index contributed by atoms with van der Waals surface area (Å²) in [6.07, 6.45) is 2.17. The van der Waals surface area contributed by atoms with Crippen molar-refractivity contribution in [2.45, 2.75) is 19.3 Å². The number of nitro benzene ring substituents is 1. The lowest BCUT2D eigenvalue weighted by molar-refractivity contribution is -0.385. The third-order valence-electron chi connectivity index (χ3n) is 3.95. The fourth-order valence-corrected chi connectivity index (χ4v) is 2.80. The van der Waals surface area contributed by atoms with Crippen LogP contribution in [0.15, 0.2) is 12.1 Å². The van der Waals surface area contributed by atoms with Gasteiger partial charge >= 0.3 is 5.69 Å². The minimum atomic E-state index is -0.463. The molecule has 0 bridgehead atoms. The van der Waals surface area contributed by atoms with E-state index in [9.17, 15) is 14.9 Å². The summed E-state index contributed by atoms with van der Waals surface area (Å²) < 4.78 is 5.60. The number of nitrogens with one attached hydrogen (secondary N) is 2. The number of nitrogens with zero attached hydrogens (tertiary/aromatic N) is 1. The minimum Gasteiger partial charge on any atom is -0.487 e. The Labute approximate surface area is 121 Å². The SMILES string of the molecule is O=C1Cc2cc([N+](=O)[O-])c(OCCC3CCNC3)cc2N1. The lowest BCUT2D eigenvalue weighted by atomic mass is 10.1. The largest absolute Gasteiger partial charge is 0.487 e. The van der Waals surface area contributed by atoms with Gasteiger partial charge in [-0.25, -0.2) is 0 Å². The van der Waals surface area contributed by atoms with Gasteiger partial charge in [0, 0.05) is 17.8 Å². The molecule has 2 aliphatic heterocycles. The molecule has 1 fully saturated rings. The van der Waals surface area contributed by atoms with Crippen molar-refractivity contribution in [1.82, 2.24) is 5.32 Å². The topological polar surface area (TPSA) is 93.5 Å². The summed E-state index contributed by atoms with van der Waals surface area (Å²) >= 11 is 0. The zero-order chi connectivity index (χ0) is 14.8. The van der Waals surface area contributed by atoms with Gasteiger partial charge in [0.15, 0.2) is 5.75 Å². The van der Waals surface area contributed by atoms with Crippen LogP contribution in [0.4, 0.5) is 11.4 Å². The first-order valence-electron chi connectivity index (χ1n) is 7.08. The standard InChI is InChI=1S/C14H17N3O4/c18-14-6-10-5-12(17(19)20)13(7-11(10)16-14)21-4-2-9-1-3-15-8-9/h5,7,9,15H,1-4,6,8H2,(H,16,18). The van der Waals surface area contributed by atoms with Crippen LogP contribution in [0.1, 0.15) is 18.4 Å². The number of rotatable bonds is 5. The van der Waals surface area contributed by atoms with Gasteiger partial charge in [-0.1, -0.05) is 0 Å². The summed E-state index contributed by atoms with van der Waals surface area (Å²) in [4.78, 5) is 22.0. The van der Waals surface area contributed by atoms with Crippen LogP contribution >= 0.6 is 0 Å². The van der Waals surface area contributed by atoms with Gasteiger partial charge in [0.25, 0.3) is 0 Å². The Kier molecular flexibility index (Phi) is 3.74. The van der Waals surface area contributed by atoms with Gasteiger partial charge in [0.05, 0.1) is 18.0 Å². The van der Waals surface area contributed by atoms with Gasteiger partial charge in [-0.05, 0) is 37.4 Å². The summed E-state index contributed by atoms with van der Waals surface area (Å²) in [7, 11) is 0. The van der Waals surface area contributed by atoms with E-state index in [1.54, 1.807) is 6.07 Å². The first-order chi connectivity index (χ1) is 10.1. The molecular formula is C14H17N3O4. The molecule has 3 rings (SSSR count). The van der Waals surface area contributed by atoms with Gasteiger partial charge < -0.3 is 15.4 Å². The van der Waals surface area contributed by atoms with Crippen LogP contribution in [0.25, 0.3) is 0 Å². The van der Waals surface area contributed by atoms with Crippen molar-refractivity contribution < 1.29 is 14.5 Å². The zero-order valence-corrected chi connectivity index (χ0v) is 11.6. The van der Waals surface area contributed by atoms with Crippen LogP contribution < -0.4 is 15.4 Å². The number of fused-ring (bicyclic) bond motifs is 1. The first kappa shape index (κ1) is 13.8. The number of amides is 1. The van der Waals surface area contributed by atoms with E-state index in [0.29, 0.717) is 23.8 Å². The molecule has 0 spiro atoms. The highest BCUT2D eigenvalue weighted by Gasteiger charge is 2.25. The molecule has 1 saturated heterocycles. The minimum absolute atomic E-state index is 0.0743. The molecule has 21 heavy (non-hydrogen) atoms. The smallest absolute Gasteiger partial charge is 0.311 e. The maximum absolute atomic E-state index is 11.4. The van der Waals surface area contributed by atoms with E-state index in [4.69, 9.17) is 4.74 Å². The highest BCUT2D eigenvalue weighted by molar-refractivity contribution is 5.99. The van der Waals surface area contributed by atoms with Crippen molar-refractivity contribution in [2.24, 2.45) is 5.92 Å². The van der Waals surface area contributed by atoms with Crippen LogP contribution in [0.5, 0.6) is 5.75 Å². The first-order valence-corrected chi connectivity index (χ1v) is 7.08. The highest BCUT2D eigenvalue weighted by atomic mass is 16.6. The molecule has 1 atom stereocenters. The quantitative estimate of drug-likeness (QED) is 0.633. The van der Waals surface area contributed by atoms with E-state index < -0.39 is 4.92 Å². The number of hydrogen-bond acceptors (Lipinski definition) is 5. The molecule has 112 valence electrons. The molecule has 2 aliphatic rings. The molecule has 2 heterocycles. The number of carbonyl (C=O) groups is 1. The molecule has 0 saturated carbocycles. The predicted molar refractivity (Wildman–Crippen MR) is 76.5 cm³/mol. The summed E-state index contributed by atoms with van der Waals surface area (Å²) in [5, 5.41) is 17.1. The summed E-state index contributed by atoms with van der Waals surface area (Å²) in [6.45, 7) is 2.45. The molecule has 1 aromatic rings. The maximum atomic E-state index is 11.4. The molecule has 0 radical (unpaired) electrons. The molecule has 7 nitrogen and oxygen atoms in total. The van der Waals surface area contributed by atoms with E-state index in [1.165, 1.54) is 6.07 Å². The molecule has 0 aliphatic carbocycles. The Hall–Kier alpha value is -2.15. The van der Waals surface area contributed by atoms with E-state index in [0.717, 1.165) is 25.9 Å². The molecule has 1 unspecified atom stereocenters. The van der Waals surface area contributed by atoms with Crippen LogP contribution in [0.3, 0.4) is 0 Å². The van der Waals surface area contributed by atoms with Gasteiger partial charge in [0.1, 0.15) is 0 Å². The third-order valence-corrected chi connectivity index (χ3v) is 3.95. The summed E-state index contributed by atoms with van der Waals surface area (Å²) in [6, 6.07) is 2.99. The van der Waals surface area contributed by atoms with E-state index in [1.807, 2.05) is 0 Å². The van der Waals surface area contributed by atoms with Crippen LogP contribution in [0.2, 0.25) is 0 Å². The van der Waals surface area contributed by atoms with Crippen molar-refractivity contribution in [2.75, 3.05) is 25.0 Å². The van der Waals surface area contributed by atoms with Crippen LogP contribution in [0, 0.1) is 16.0 Å². The number of ether oxygens (including phenoxy) is 1. The second-order valence-electron chi connectivity index (χ2n) is 5.46. The molecule has 1 aromatic carbocycles. The fourth-order valence-electron chi connectivity index (χ4n) is 2.80. The monoisotopic (exact) mass is 291 g/mol. The average molecular weight is 291 g/mol. The normalized spacial score (nSPS) is 20.2. The van der Waals surface area contributed by atoms with Crippen molar-refractivity contribution >= 4 is 17.3 Å². The summed E-state index contributed by atoms with van der Waals surface area (Å²) in [5.74, 6) is 0.651. The number of nitro groups is 1. The zero-order valence-electron chi connectivity index (χ0n) is 11.6. The summed E-state index contributed by atoms with van der Waals surface area (Å²) in [5.41, 5.74) is 1.19. The van der Waals surface area contributed by atoms with Gasteiger partial charge in [0.2, 0.25) is 5.91 Å². The second-order valence-corrected chi connectivity index (χ2v) is 5.46. The predicted octanol–water partition coefficient (Wildman–Crippen LogP) is 1.47. The molecule has 1 amide bonds. The number of benzene rings is 1. The van der Waals surface area contributed by atoms with E-state index in [-0.39, 0.29) is 23.8 Å². The third kappa shape index (κ3) is 2.97. The maximum Gasteiger partial charge on any atom is 0.311 e. The van der Waals surface area contributed by atoms with Crippen LogP contribution in [-0.4, -0.2) is 30.5 Å². The lowest BCUT2D eigenvalue weighted by Gasteiger charge is -2.11. The Balaban J connectivity index is 1.72. The molecule has 2 N–H and O–H groups in total. The Morgan fingerprint density at radius 1 is 1.43 bits per heavy atom. The van der Waals surface area contributed by atoms with Crippen molar-refractivity contribution in [3.05, 3.63) is 27.8 Å². The Bertz CT molecular complexity index is 582. The van der Waals surface area contributed by atoms with Crippen molar-refractivity contribution in [3.8, 4) is 5.75 Å².